The molecule has 1 atom stereocenters. The fraction of sp³-hybridized carbons (Fsp3) is 0.294. The maximum absolute atomic E-state index is 12.9. The second-order valence-electron chi connectivity index (χ2n) is 4.98. The first-order valence-electron chi connectivity index (χ1n) is 6.96. The van der Waals surface area contributed by atoms with Gasteiger partial charge in [0.25, 0.3) is 0 Å². The van der Waals surface area contributed by atoms with Crippen LogP contribution in [0.3, 0.4) is 0 Å². The van der Waals surface area contributed by atoms with Crippen LogP contribution in [0.1, 0.15) is 30.9 Å². The Labute approximate surface area is 123 Å². The number of halogens is 1. The molecule has 0 amide bonds. The SMILES string of the molecule is Fc1ccc(Sc2ccc(C3CCCCO3)cc2)cc1. The topological polar surface area (TPSA) is 9.23 Å². The van der Waals surface area contributed by atoms with Crippen LogP contribution in [0.2, 0.25) is 0 Å². The van der Waals surface area contributed by atoms with E-state index in [1.54, 1.807) is 23.9 Å². The van der Waals surface area contributed by atoms with Crippen molar-refractivity contribution in [2.75, 3.05) is 6.61 Å². The lowest BCUT2D eigenvalue weighted by molar-refractivity contribution is 0.0149. The predicted octanol–water partition coefficient (Wildman–Crippen LogP) is 5.22. The van der Waals surface area contributed by atoms with E-state index in [1.165, 1.54) is 30.5 Å². The van der Waals surface area contributed by atoms with E-state index in [1.807, 2.05) is 0 Å². The maximum Gasteiger partial charge on any atom is 0.123 e. The van der Waals surface area contributed by atoms with Gasteiger partial charge >= 0.3 is 0 Å². The highest BCUT2D eigenvalue weighted by Crippen LogP contribution is 2.31. The van der Waals surface area contributed by atoms with Crippen molar-refractivity contribution in [2.45, 2.75) is 35.2 Å². The van der Waals surface area contributed by atoms with Crippen molar-refractivity contribution in [3.63, 3.8) is 0 Å². The number of ether oxygens (including phenoxy) is 1. The molecular formula is C17H17FOS. The lowest BCUT2D eigenvalue weighted by Crippen LogP contribution is -2.11. The highest BCUT2D eigenvalue weighted by Gasteiger charge is 2.15. The monoisotopic (exact) mass is 288 g/mol. The summed E-state index contributed by atoms with van der Waals surface area (Å²) >= 11 is 1.64. The summed E-state index contributed by atoms with van der Waals surface area (Å²) in [6, 6.07) is 15.1. The minimum Gasteiger partial charge on any atom is -0.374 e. The van der Waals surface area contributed by atoms with Crippen molar-refractivity contribution in [3.8, 4) is 0 Å². The molecule has 0 N–H and O–H groups in total. The van der Waals surface area contributed by atoms with Gasteiger partial charge in [-0.05, 0) is 61.2 Å². The highest BCUT2D eigenvalue weighted by molar-refractivity contribution is 7.99. The van der Waals surface area contributed by atoms with Gasteiger partial charge in [0.1, 0.15) is 5.82 Å². The van der Waals surface area contributed by atoms with Gasteiger partial charge < -0.3 is 4.74 Å². The molecule has 2 aromatic rings. The Hall–Kier alpha value is -1.32. The van der Waals surface area contributed by atoms with Crippen molar-refractivity contribution >= 4 is 11.8 Å². The molecule has 2 aromatic carbocycles. The molecule has 1 fully saturated rings. The third-order valence-corrected chi connectivity index (χ3v) is 4.50. The Morgan fingerprint density at radius 1 is 0.900 bits per heavy atom. The van der Waals surface area contributed by atoms with Gasteiger partial charge in [0.15, 0.2) is 0 Å². The normalized spacial score (nSPS) is 18.9. The molecule has 3 heteroatoms. The number of hydrogen-bond donors (Lipinski definition) is 0. The zero-order chi connectivity index (χ0) is 13.8. The van der Waals surface area contributed by atoms with Crippen LogP contribution >= 0.6 is 11.8 Å². The molecule has 1 heterocycles. The molecule has 1 unspecified atom stereocenters. The van der Waals surface area contributed by atoms with Crippen LogP contribution in [0.4, 0.5) is 4.39 Å². The van der Waals surface area contributed by atoms with Crippen molar-refractivity contribution in [1.29, 1.82) is 0 Å². The van der Waals surface area contributed by atoms with E-state index >= 15 is 0 Å². The molecule has 0 bridgehead atoms. The molecule has 1 aliphatic heterocycles. The van der Waals surface area contributed by atoms with Gasteiger partial charge in [-0.25, -0.2) is 4.39 Å². The van der Waals surface area contributed by atoms with E-state index in [0.29, 0.717) is 0 Å². The van der Waals surface area contributed by atoms with Gasteiger partial charge in [-0.15, -0.1) is 0 Å². The van der Waals surface area contributed by atoms with E-state index in [9.17, 15) is 4.39 Å². The predicted molar refractivity (Wildman–Crippen MR) is 79.5 cm³/mol. The van der Waals surface area contributed by atoms with Crippen LogP contribution in [0.25, 0.3) is 0 Å². The minimum absolute atomic E-state index is 0.195. The Morgan fingerprint density at radius 2 is 1.55 bits per heavy atom. The molecule has 20 heavy (non-hydrogen) atoms. The summed E-state index contributed by atoms with van der Waals surface area (Å²) in [4.78, 5) is 2.21. The zero-order valence-electron chi connectivity index (χ0n) is 11.2. The Bertz CT molecular complexity index is 544. The van der Waals surface area contributed by atoms with E-state index in [2.05, 4.69) is 24.3 Å². The second kappa shape index (κ2) is 6.42. The summed E-state index contributed by atoms with van der Waals surface area (Å²) < 4.78 is 18.6. The molecule has 0 aliphatic carbocycles. The molecular weight excluding hydrogens is 271 g/mol. The van der Waals surface area contributed by atoms with E-state index in [-0.39, 0.29) is 11.9 Å². The van der Waals surface area contributed by atoms with Crippen molar-refractivity contribution < 1.29 is 9.13 Å². The average molecular weight is 288 g/mol. The van der Waals surface area contributed by atoms with Crippen LogP contribution in [0.15, 0.2) is 58.3 Å². The standard InChI is InChI=1S/C17H17FOS/c18-14-6-10-16(11-7-14)20-15-8-4-13(5-9-15)17-3-1-2-12-19-17/h4-11,17H,1-3,12H2. The first-order valence-corrected chi connectivity index (χ1v) is 7.78. The Morgan fingerprint density at radius 3 is 2.15 bits per heavy atom. The third-order valence-electron chi connectivity index (χ3n) is 3.48. The van der Waals surface area contributed by atoms with Gasteiger partial charge in [0.2, 0.25) is 0 Å². The molecule has 0 saturated carbocycles. The van der Waals surface area contributed by atoms with Gasteiger partial charge in [-0.3, -0.25) is 0 Å². The van der Waals surface area contributed by atoms with Crippen LogP contribution in [-0.4, -0.2) is 6.61 Å². The summed E-state index contributed by atoms with van der Waals surface area (Å²) in [5.41, 5.74) is 1.26. The average Bonchev–Trinajstić information content (AvgIpc) is 2.51. The molecule has 0 spiro atoms. The lowest BCUT2D eigenvalue weighted by Gasteiger charge is -2.23. The largest absolute Gasteiger partial charge is 0.374 e. The molecule has 3 rings (SSSR count). The number of benzene rings is 2. The minimum atomic E-state index is -0.195. The molecule has 1 saturated heterocycles. The summed E-state index contributed by atoms with van der Waals surface area (Å²) in [5, 5.41) is 0. The smallest absolute Gasteiger partial charge is 0.123 e. The zero-order valence-corrected chi connectivity index (χ0v) is 12.0. The van der Waals surface area contributed by atoms with Crippen LogP contribution in [-0.2, 0) is 4.74 Å². The maximum atomic E-state index is 12.9. The van der Waals surface area contributed by atoms with E-state index in [0.717, 1.165) is 22.8 Å². The first-order chi connectivity index (χ1) is 9.81. The highest BCUT2D eigenvalue weighted by atomic mass is 32.2. The van der Waals surface area contributed by atoms with Gasteiger partial charge in [0, 0.05) is 16.4 Å². The van der Waals surface area contributed by atoms with Crippen LogP contribution in [0, 0.1) is 5.82 Å². The fourth-order valence-electron chi connectivity index (χ4n) is 2.39. The first kappa shape index (κ1) is 13.7. The van der Waals surface area contributed by atoms with E-state index in [4.69, 9.17) is 4.74 Å². The quantitative estimate of drug-likeness (QED) is 0.766. The van der Waals surface area contributed by atoms with Crippen molar-refractivity contribution in [1.82, 2.24) is 0 Å². The van der Waals surface area contributed by atoms with Gasteiger partial charge in [0.05, 0.1) is 6.10 Å². The van der Waals surface area contributed by atoms with Gasteiger partial charge in [-0.1, -0.05) is 23.9 Å². The third kappa shape index (κ3) is 3.41. The van der Waals surface area contributed by atoms with Crippen LogP contribution in [0.5, 0.6) is 0 Å². The summed E-state index contributed by atoms with van der Waals surface area (Å²) in [5.74, 6) is -0.195. The second-order valence-corrected chi connectivity index (χ2v) is 6.13. The molecule has 1 aliphatic rings. The lowest BCUT2D eigenvalue weighted by atomic mass is 10.0. The van der Waals surface area contributed by atoms with Gasteiger partial charge in [-0.2, -0.15) is 0 Å². The number of rotatable bonds is 3. The molecule has 104 valence electrons. The van der Waals surface area contributed by atoms with Crippen molar-refractivity contribution in [3.05, 3.63) is 59.9 Å². The van der Waals surface area contributed by atoms with Crippen molar-refractivity contribution in [2.24, 2.45) is 0 Å². The Balaban J connectivity index is 1.67. The summed E-state index contributed by atoms with van der Waals surface area (Å²) in [6.07, 6.45) is 3.80. The van der Waals surface area contributed by atoms with E-state index < -0.39 is 0 Å². The fourth-order valence-corrected chi connectivity index (χ4v) is 3.21. The molecule has 1 nitrogen and oxygen atoms in total. The summed E-state index contributed by atoms with van der Waals surface area (Å²) in [6.45, 7) is 0.872. The molecule has 0 aromatic heterocycles. The Kier molecular flexibility index (Phi) is 4.38. The summed E-state index contributed by atoms with van der Waals surface area (Å²) in [7, 11) is 0. The number of hydrogen-bond acceptors (Lipinski definition) is 2. The van der Waals surface area contributed by atoms with Crippen LogP contribution < -0.4 is 0 Å². The molecule has 0 radical (unpaired) electrons.